The van der Waals surface area contributed by atoms with Gasteiger partial charge in [0.1, 0.15) is 0 Å². The molecule has 0 saturated carbocycles. The number of benzene rings is 2. The zero-order valence-corrected chi connectivity index (χ0v) is 11.1. The van der Waals surface area contributed by atoms with Gasteiger partial charge >= 0.3 is 0 Å². The molecule has 2 heterocycles. The molecule has 0 bridgehead atoms. The predicted octanol–water partition coefficient (Wildman–Crippen LogP) is 4.09. The average molecular weight is 259 g/mol. The first-order valence-electron chi connectivity index (χ1n) is 6.61. The summed E-state index contributed by atoms with van der Waals surface area (Å²) < 4.78 is 0. The molecule has 3 nitrogen and oxygen atoms in total. The SMILES string of the molecule is Cc1[nH]nc2ccc(-c3cncc4ccccc34)cc12. The second kappa shape index (κ2) is 4.17. The summed E-state index contributed by atoms with van der Waals surface area (Å²) in [5.74, 6) is 0. The third kappa shape index (κ3) is 1.60. The normalized spacial score (nSPS) is 11.2. The van der Waals surface area contributed by atoms with Gasteiger partial charge in [0.2, 0.25) is 0 Å². The van der Waals surface area contributed by atoms with Gasteiger partial charge in [0, 0.05) is 34.4 Å². The minimum atomic E-state index is 0.999. The maximum atomic E-state index is 4.36. The molecule has 4 aromatic rings. The van der Waals surface area contributed by atoms with Crippen molar-refractivity contribution < 1.29 is 0 Å². The molecule has 2 aromatic carbocycles. The molecule has 96 valence electrons. The summed E-state index contributed by atoms with van der Waals surface area (Å²) in [5, 5.41) is 10.9. The fourth-order valence-electron chi connectivity index (χ4n) is 2.65. The Balaban J connectivity index is 2.03. The summed E-state index contributed by atoms with van der Waals surface area (Å²) in [5.41, 5.74) is 4.42. The number of hydrogen-bond acceptors (Lipinski definition) is 2. The first kappa shape index (κ1) is 11.2. The minimum Gasteiger partial charge on any atom is -0.282 e. The van der Waals surface area contributed by atoms with Gasteiger partial charge in [0.15, 0.2) is 0 Å². The van der Waals surface area contributed by atoms with Gasteiger partial charge in [-0.25, -0.2) is 0 Å². The quantitative estimate of drug-likeness (QED) is 0.559. The number of aromatic nitrogens is 3. The van der Waals surface area contributed by atoms with Gasteiger partial charge in [-0.15, -0.1) is 0 Å². The largest absolute Gasteiger partial charge is 0.282 e. The molecule has 0 aliphatic heterocycles. The van der Waals surface area contributed by atoms with Crippen LogP contribution in [0.2, 0.25) is 0 Å². The van der Waals surface area contributed by atoms with E-state index in [0.717, 1.165) is 27.5 Å². The maximum Gasteiger partial charge on any atom is 0.0924 e. The summed E-state index contributed by atoms with van der Waals surface area (Å²) in [6.45, 7) is 2.04. The summed E-state index contributed by atoms with van der Waals surface area (Å²) in [6, 6.07) is 14.7. The van der Waals surface area contributed by atoms with Gasteiger partial charge in [-0.2, -0.15) is 5.10 Å². The zero-order valence-electron chi connectivity index (χ0n) is 11.1. The zero-order chi connectivity index (χ0) is 13.5. The van der Waals surface area contributed by atoms with E-state index in [1.165, 1.54) is 10.9 Å². The van der Waals surface area contributed by atoms with Crippen molar-refractivity contribution in [3.63, 3.8) is 0 Å². The van der Waals surface area contributed by atoms with Crippen LogP contribution >= 0.6 is 0 Å². The van der Waals surface area contributed by atoms with Crippen LogP contribution in [-0.2, 0) is 0 Å². The Labute approximate surface area is 116 Å². The highest BCUT2D eigenvalue weighted by atomic mass is 15.1. The molecule has 4 rings (SSSR count). The van der Waals surface area contributed by atoms with E-state index in [1.807, 2.05) is 25.4 Å². The predicted molar refractivity (Wildman–Crippen MR) is 81.6 cm³/mol. The summed E-state index contributed by atoms with van der Waals surface area (Å²) in [4.78, 5) is 4.36. The molecule has 1 N–H and O–H groups in total. The van der Waals surface area contributed by atoms with E-state index in [-0.39, 0.29) is 0 Å². The molecule has 0 aliphatic rings. The topological polar surface area (TPSA) is 41.6 Å². The Morgan fingerprint density at radius 1 is 0.950 bits per heavy atom. The van der Waals surface area contributed by atoms with Gasteiger partial charge in [-0.1, -0.05) is 30.3 Å². The van der Waals surface area contributed by atoms with Crippen molar-refractivity contribution in [3.05, 3.63) is 60.6 Å². The summed E-state index contributed by atoms with van der Waals surface area (Å²) in [7, 11) is 0. The first-order valence-corrected chi connectivity index (χ1v) is 6.61. The highest BCUT2D eigenvalue weighted by Crippen LogP contribution is 2.30. The first-order chi connectivity index (χ1) is 9.83. The van der Waals surface area contributed by atoms with Crippen LogP contribution in [0.1, 0.15) is 5.69 Å². The van der Waals surface area contributed by atoms with Crippen molar-refractivity contribution >= 4 is 21.7 Å². The van der Waals surface area contributed by atoms with Crippen LogP contribution < -0.4 is 0 Å². The smallest absolute Gasteiger partial charge is 0.0924 e. The third-order valence-electron chi connectivity index (χ3n) is 3.72. The van der Waals surface area contributed by atoms with Gasteiger partial charge < -0.3 is 0 Å². The third-order valence-corrected chi connectivity index (χ3v) is 3.72. The monoisotopic (exact) mass is 259 g/mol. The lowest BCUT2D eigenvalue weighted by molar-refractivity contribution is 1.07. The van der Waals surface area contributed by atoms with Crippen molar-refractivity contribution in [2.24, 2.45) is 0 Å². The Morgan fingerprint density at radius 2 is 1.85 bits per heavy atom. The Bertz CT molecular complexity index is 916. The van der Waals surface area contributed by atoms with E-state index in [0.29, 0.717) is 0 Å². The van der Waals surface area contributed by atoms with E-state index in [2.05, 4.69) is 51.6 Å². The molecule has 0 radical (unpaired) electrons. The van der Waals surface area contributed by atoms with E-state index in [4.69, 9.17) is 0 Å². The second-order valence-electron chi connectivity index (χ2n) is 4.99. The second-order valence-corrected chi connectivity index (χ2v) is 4.99. The van der Waals surface area contributed by atoms with Crippen molar-refractivity contribution in [1.82, 2.24) is 15.2 Å². The van der Waals surface area contributed by atoms with Crippen LogP contribution in [0.5, 0.6) is 0 Å². The fourth-order valence-corrected chi connectivity index (χ4v) is 2.65. The number of pyridine rings is 1. The number of nitrogens with one attached hydrogen (secondary N) is 1. The molecule has 0 fully saturated rings. The van der Waals surface area contributed by atoms with Crippen LogP contribution in [0, 0.1) is 6.92 Å². The fraction of sp³-hybridized carbons (Fsp3) is 0.0588. The van der Waals surface area contributed by atoms with Crippen LogP contribution in [0.25, 0.3) is 32.8 Å². The van der Waals surface area contributed by atoms with Crippen LogP contribution in [-0.4, -0.2) is 15.2 Å². The molecule has 0 saturated heterocycles. The molecule has 0 amide bonds. The van der Waals surface area contributed by atoms with E-state index in [9.17, 15) is 0 Å². The molecular formula is C17H13N3. The molecule has 0 aliphatic carbocycles. The Morgan fingerprint density at radius 3 is 2.80 bits per heavy atom. The van der Waals surface area contributed by atoms with Gasteiger partial charge in [-0.05, 0) is 30.0 Å². The number of rotatable bonds is 1. The van der Waals surface area contributed by atoms with E-state index < -0.39 is 0 Å². The van der Waals surface area contributed by atoms with Gasteiger partial charge in [0.05, 0.1) is 5.52 Å². The van der Waals surface area contributed by atoms with Crippen molar-refractivity contribution in [2.75, 3.05) is 0 Å². The van der Waals surface area contributed by atoms with Crippen molar-refractivity contribution in [2.45, 2.75) is 6.92 Å². The lowest BCUT2D eigenvalue weighted by Crippen LogP contribution is -1.84. The lowest BCUT2D eigenvalue weighted by Gasteiger charge is -2.06. The number of hydrogen-bond donors (Lipinski definition) is 1. The van der Waals surface area contributed by atoms with Crippen LogP contribution in [0.15, 0.2) is 54.9 Å². The average Bonchev–Trinajstić information content (AvgIpc) is 2.88. The van der Waals surface area contributed by atoms with Crippen molar-refractivity contribution in [1.29, 1.82) is 0 Å². The van der Waals surface area contributed by atoms with E-state index in [1.54, 1.807) is 0 Å². The molecule has 20 heavy (non-hydrogen) atoms. The molecule has 2 aromatic heterocycles. The van der Waals surface area contributed by atoms with Crippen molar-refractivity contribution in [3.8, 4) is 11.1 Å². The number of fused-ring (bicyclic) bond motifs is 2. The summed E-state index contributed by atoms with van der Waals surface area (Å²) in [6.07, 6.45) is 3.83. The summed E-state index contributed by atoms with van der Waals surface area (Å²) >= 11 is 0. The van der Waals surface area contributed by atoms with Gasteiger partial charge in [0.25, 0.3) is 0 Å². The highest BCUT2D eigenvalue weighted by Gasteiger charge is 2.07. The maximum absolute atomic E-state index is 4.36. The molecule has 0 spiro atoms. The number of H-pyrrole nitrogens is 1. The molecular weight excluding hydrogens is 246 g/mol. The van der Waals surface area contributed by atoms with Crippen LogP contribution in [0.3, 0.4) is 0 Å². The Kier molecular flexibility index (Phi) is 2.33. The van der Waals surface area contributed by atoms with E-state index >= 15 is 0 Å². The van der Waals surface area contributed by atoms with Crippen LogP contribution in [0.4, 0.5) is 0 Å². The number of aromatic amines is 1. The standard InChI is InChI=1S/C17H13N3/c1-11-15-8-12(6-7-17(15)20-19-11)16-10-18-9-13-4-2-3-5-14(13)16/h2-10H,1H3,(H,19,20). The highest BCUT2D eigenvalue weighted by molar-refractivity contribution is 5.98. The lowest BCUT2D eigenvalue weighted by atomic mass is 9.99. The molecule has 3 heteroatoms. The van der Waals surface area contributed by atoms with Gasteiger partial charge in [-0.3, -0.25) is 10.1 Å². The molecule has 0 unspecified atom stereocenters. The number of aryl methyl sites for hydroxylation is 1. The Hall–Kier alpha value is -2.68. The molecule has 0 atom stereocenters. The minimum absolute atomic E-state index is 0.999. The number of nitrogens with zero attached hydrogens (tertiary/aromatic N) is 2.